The molecule has 2 unspecified atom stereocenters. The summed E-state index contributed by atoms with van der Waals surface area (Å²) in [5.41, 5.74) is 0. The molecule has 0 aromatic carbocycles. The molecule has 1 aromatic heterocycles. The topological polar surface area (TPSA) is 83.7 Å². The highest BCUT2D eigenvalue weighted by Gasteiger charge is 2.19. The van der Waals surface area contributed by atoms with Gasteiger partial charge in [0.2, 0.25) is 0 Å². The molecule has 0 bridgehead atoms. The summed E-state index contributed by atoms with van der Waals surface area (Å²) in [5, 5.41) is 14.6. The minimum absolute atomic E-state index is 0.0402. The zero-order chi connectivity index (χ0) is 15.0. The molecule has 0 aliphatic carbocycles. The van der Waals surface area contributed by atoms with Crippen LogP contribution < -0.4 is 10.6 Å². The van der Waals surface area contributed by atoms with E-state index in [1.807, 2.05) is 26.0 Å². The van der Waals surface area contributed by atoms with E-state index in [1.165, 1.54) is 0 Å². The minimum atomic E-state index is -0.333. The number of carbonyl (C=O) groups excluding carboxylic acids is 1. The predicted octanol–water partition coefficient (Wildman–Crippen LogP) is 1.74. The van der Waals surface area contributed by atoms with Gasteiger partial charge in [0, 0.05) is 19.8 Å². The van der Waals surface area contributed by atoms with Crippen LogP contribution in [0.4, 0.5) is 4.79 Å². The summed E-state index contributed by atoms with van der Waals surface area (Å²) in [4.78, 5) is 12.0. The Labute approximate surface area is 119 Å². The normalized spacial score (nSPS) is 13.8. The highest BCUT2D eigenvalue weighted by atomic mass is 16.5. The van der Waals surface area contributed by atoms with Gasteiger partial charge in [-0.1, -0.05) is 6.92 Å². The number of ether oxygens (including phenoxy) is 1. The van der Waals surface area contributed by atoms with Crippen LogP contribution in [0.2, 0.25) is 0 Å². The molecule has 0 aliphatic rings. The van der Waals surface area contributed by atoms with Crippen LogP contribution in [0.1, 0.15) is 37.3 Å². The third-order valence-electron chi connectivity index (χ3n) is 3.05. The van der Waals surface area contributed by atoms with Crippen molar-refractivity contribution in [3.05, 3.63) is 23.7 Å². The summed E-state index contributed by atoms with van der Waals surface area (Å²) in [6, 6.07) is 3.01. The molecule has 0 spiro atoms. The highest BCUT2D eigenvalue weighted by Crippen LogP contribution is 2.16. The van der Waals surface area contributed by atoms with Gasteiger partial charge in [0.1, 0.15) is 17.6 Å². The number of furan rings is 1. The lowest BCUT2D eigenvalue weighted by atomic mass is 10.1. The van der Waals surface area contributed by atoms with Crippen molar-refractivity contribution < 1.29 is 19.1 Å². The van der Waals surface area contributed by atoms with E-state index in [0.29, 0.717) is 18.8 Å². The smallest absolute Gasteiger partial charge is 0.315 e. The number of aliphatic hydroxyl groups excluding tert-OH is 1. The Morgan fingerprint density at radius 2 is 2.20 bits per heavy atom. The fraction of sp³-hybridized carbons (Fsp3) is 0.643. The fourth-order valence-electron chi connectivity index (χ4n) is 1.92. The Hall–Kier alpha value is -1.53. The molecule has 0 aliphatic heterocycles. The van der Waals surface area contributed by atoms with Crippen LogP contribution in [0.5, 0.6) is 0 Å². The van der Waals surface area contributed by atoms with Gasteiger partial charge in [-0.2, -0.15) is 0 Å². The van der Waals surface area contributed by atoms with Crippen LogP contribution in [0, 0.1) is 6.92 Å². The first kappa shape index (κ1) is 16.5. The first-order valence-corrected chi connectivity index (χ1v) is 6.83. The maximum Gasteiger partial charge on any atom is 0.315 e. The van der Waals surface area contributed by atoms with E-state index < -0.39 is 0 Å². The second-order valence-electron chi connectivity index (χ2n) is 4.69. The Morgan fingerprint density at radius 3 is 2.70 bits per heavy atom. The van der Waals surface area contributed by atoms with E-state index in [9.17, 15) is 4.79 Å². The number of amides is 2. The molecule has 20 heavy (non-hydrogen) atoms. The molecule has 2 amide bonds. The standard InChI is InChI=1S/C14H24N2O4/c1-4-11(7-8-17)15-14(18)16-12(9-19-3)13-6-5-10(2)20-13/h5-6,11-12,17H,4,7-9H2,1-3H3,(H2,15,16,18). The van der Waals surface area contributed by atoms with Crippen LogP contribution >= 0.6 is 0 Å². The highest BCUT2D eigenvalue weighted by molar-refractivity contribution is 5.74. The number of hydrogen-bond donors (Lipinski definition) is 3. The maximum absolute atomic E-state index is 12.0. The van der Waals surface area contributed by atoms with Crippen molar-refractivity contribution in [2.75, 3.05) is 20.3 Å². The van der Waals surface area contributed by atoms with Crippen LogP contribution in [-0.2, 0) is 4.74 Å². The van der Waals surface area contributed by atoms with Crippen molar-refractivity contribution in [1.29, 1.82) is 0 Å². The van der Waals surface area contributed by atoms with E-state index >= 15 is 0 Å². The maximum atomic E-state index is 12.0. The summed E-state index contributed by atoms with van der Waals surface area (Å²) in [6.07, 6.45) is 1.31. The number of aliphatic hydroxyl groups is 1. The second-order valence-corrected chi connectivity index (χ2v) is 4.69. The zero-order valence-electron chi connectivity index (χ0n) is 12.3. The largest absolute Gasteiger partial charge is 0.464 e. The Kier molecular flexibility index (Phi) is 7.11. The molecule has 0 fully saturated rings. The third kappa shape index (κ3) is 5.22. The van der Waals surface area contributed by atoms with E-state index in [-0.39, 0.29) is 24.7 Å². The molecule has 3 N–H and O–H groups in total. The first-order valence-electron chi connectivity index (χ1n) is 6.83. The molecule has 1 heterocycles. The first-order chi connectivity index (χ1) is 9.60. The molecule has 0 radical (unpaired) electrons. The Balaban J connectivity index is 2.59. The third-order valence-corrected chi connectivity index (χ3v) is 3.05. The summed E-state index contributed by atoms with van der Waals surface area (Å²) in [6.45, 7) is 4.19. The summed E-state index contributed by atoms with van der Waals surface area (Å²) < 4.78 is 10.6. The van der Waals surface area contributed by atoms with E-state index in [2.05, 4.69) is 10.6 Å². The lowest BCUT2D eigenvalue weighted by molar-refractivity contribution is 0.155. The van der Waals surface area contributed by atoms with Crippen molar-refractivity contribution >= 4 is 6.03 Å². The van der Waals surface area contributed by atoms with Gasteiger partial charge in [-0.3, -0.25) is 0 Å². The lowest BCUT2D eigenvalue weighted by Gasteiger charge is -2.20. The molecule has 0 saturated carbocycles. The van der Waals surface area contributed by atoms with Gasteiger partial charge in [0.05, 0.1) is 6.61 Å². The van der Waals surface area contributed by atoms with Crippen LogP contribution in [0.3, 0.4) is 0 Å². The molecular formula is C14H24N2O4. The number of hydrogen-bond acceptors (Lipinski definition) is 4. The van der Waals surface area contributed by atoms with Gasteiger partial charge in [-0.05, 0) is 31.9 Å². The summed E-state index contributed by atoms with van der Waals surface area (Å²) in [7, 11) is 1.57. The van der Waals surface area contributed by atoms with Crippen molar-refractivity contribution in [3.8, 4) is 0 Å². The molecule has 6 heteroatoms. The number of methoxy groups -OCH3 is 1. The van der Waals surface area contributed by atoms with Crippen molar-refractivity contribution in [1.82, 2.24) is 10.6 Å². The quantitative estimate of drug-likeness (QED) is 0.679. The lowest BCUT2D eigenvalue weighted by Crippen LogP contribution is -2.44. The summed E-state index contributed by atoms with van der Waals surface area (Å²) in [5.74, 6) is 1.45. The summed E-state index contributed by atoms with van der Waals surface area (Å²) >= 11 is 0. The Morgan fingerprint density at radius 1 is 1.45 bits per heavy atom. The monoisotopic (exact) mass is 284 g/mol. The van der Waals surface area contributed by atoms with Crippen LogP contribution in [-0.4, -0.2) is 37.5 Å². The molecule has 6 nitrogen and oxygen atoms in total. The van der Waals surface area contributed by atoms with Crippen molar-refractivity contribution in [2.45, 2.75) is 38.8 Å². The van der Waals surface area contributed by atoms with Gasteiger partial charge in [0.25, 0.3) is 0 Å². The van der Waals surface area contributed by atoms with Crippen LogP contribution in [0.25, 0.3) is 0 Å². The van der Waals surface area contributed by atoms with Crippen LogP contribution in [0.15, 0.2) is 16.5 Å². The van der Waals surface area contributed by atoms with Gasteiger partial charge < -0.3 is 24.9 Å². The van der Waals surface area contributed by atoms with Crippen molar-refractivity contribution in [3.63, 3.8) is 0 Å². The zero-order valence-corrected chi connectivity index (χ0v) is 12.3. The predicted molar refractivity (Wildman–Crippen MR) is 75.5 cm³/mol. The molecule has 114 valence electrons. The SMILES string of the molecule is CCC(CCO)NC(=O)NC(COC)c1ccc(C)o1. The molecule has 2 atom stereocenters. The number of carbonyl (C=O) groups is 1. The second kappa shape index (κ2) is 8.60. The average Bonchev–Trinajstić information content (AvgIpc) is 2.84. The van der Waals surface area contributed by atoms with E-state index in [0.717, 1.165) is 12.2 Å². The molecule has 1 aromatic rings. The number of nitrogens with one attached hydrogen (secondary N) is 2. The number of rotatable bonds is 8. The van der Waals surface area contributed by atoms with Crippen molar-refractivity contribution in [2.24, 2.45) is 0 Å². The number of urea groups is 1. The van der Waals surface area contributed by atoms with Gasteiger partial charge in [0.15, 0.2) is 0 Å². The molecule has 0 saturated heterocycles. The molecule has 1 rings (SSSR count). The van der Waals surface area contributed by atoms with Gasteiger partial charge >= 0.3 is 6.03 Å². The fourth-order valence-corrected chi connectivity index (χ4v) is 1.92. The minimum Gasteiger partial charge on any atom is -0.464 e. The van der Waals surface area contributed by atoms with Gasteiger partial charge in [-0.15, -0.1) is 0 Å². The average molecular weight is 284 g/mol. The Bertz CT molecular complexity index is 406. The molecular weight excluding hydrogens is 260 g/mol. The number of aryl methyl sites for hydroxylation is 1. The van der Waals surface area contributed by atoms with E-state index in [4.69, 9.17) is 14.3 Å². The van der Waals surface area contributed by atoms with Gasteiger partial charge in [-0.25, -0.2) is 4.79 Å². The van der Waals surface area contributed by atoms with E-state index in [1.54, 1.807) is 7.11 Å².